The number of piperidine rings is 1. The van der Waals surface area contributed by atoms with Crippen LogP contribution in [0.5, 0.6) is 0 Å². The van der Waals surface area contributed by atoms with Gasteiger partial charge in [0.15, 0.2) is 0 Å². The Hall–Kier alpha value is -6.28. The maximum absolute atomic E-state index is 15.3. The lowest BCUT2D eigenvalue weighted by atomic mass is 9.78. The Balaban J connectivity index is 1.41. The molecule has 0 aromatic heterocycles. The van der Waals surface area contributed by atoms with Gasteiger partial charge in [-0.25, -0.2) is 0 Å². The second-order valence-corrected chi connectivity index (χ2v) is 31.0. The van der Waals surface area contributed by atoms with Crippen LogP contribution in [0.3, 0.4) is 0 Å². The first-order valence-electron chi connectivity index (χ1n) is 36.5. The van der Waals surface area contributed by atoms with Crippen molar-refractivity contribution in [3.63, 3.8) is 0 Å². The van der Waals surface area contributed by atoms with Crippen LogP contribution >= 0.6 is 11.6 Å². The van der Waals surface area contributed by atoms with Gasteiger partial charge in [-0.15, -0.1) is 11.6 Å². The smallest absolute Gasteiger partial charge is 0.343 e. The van der Waals surface area contributed by atoms with Crippen LogP contribution in [0, 0.1) is 35.5 Å². The van der Waals surface area contributed by atoms with Gasteiger partial charge in [-0.1, -0.05) is 87.0 Å². The lowest BCUT2D eigenvalue weighted by Gasteiger charge is -2.45. The van der Waals surface area contributed by atoms with E-state index in [1.807, 2.05) is 20.8 Å². The van der Waals surface area contributed by atoms with Crippen LogP contribution < -0.4 is 16.0 Å². The largest absolute Gasteiger partial charge is 0.393 e. The molecule has 2 saturated carbocycles. The Morgan fingerprint density at radius 2 is 1.24 bits per heavy atom. The number of rotatable bonds is 12. The summed E-state index contributed by atoms with van der Waals surface area (Å²) >= 11 is 6.39. The van der Waals surface area contributed by atoms with Crippen LogP contribution in [0.25, 0.3) is 0 Å². The normalized spacial score (nSPS) is 31.5. The van der Waals surface area contributed by atoms with Gasteiger partial charge in [-0.05, 0) is 133 Å². The van der Waals surface area contributed by atoms with Crippen molar-refractivity contribution in [2.24, 2.45) is 35.5 Å². The van der Waals surface area contributed by atoms with Gasteiger partial charge in [0, 0.05) is 73.8 Å². The van der Waals surface area contributed by atoms with Crippen molar-refractivity contribution in [3.05, 3.63) is 0 Å². The zero-order chi connectivity index (χ0) is 73.9. The summed E-state index contributed by atoms with van der Waals surface area (Å²) in [6.45, 7) is 15.8. The fraction of sp³-hybridized carbons (Fsp3) is 0.831. The molecule has 12 amide bonds. The Bertz CT molecular complexity index is 2900. The van der Waals surface area contributed by atoms with E-state index < -0.39 is 173 Å². The minimum Gasteiger partial charge on any atom is -0.343 e. The van der Waals surface area contributed by atoms with E-state index in [1.165, 1.54) is 95.3 Å². The Labute approximate surface area is 589 Å². The summed E-state index contributed by atoms with van der Waals surface area (Å²) in [6, 6.07) is -10.9. The van der Waals surface area contributed by atoms with E-state index >= 15 is 14.4 Å². The highest BCUT2D eigenvalue weighted by atomic mass is 35.5. The lowest BCUT2D eigenvalue weighted by molar-refractivity contribution is -0.182. The standard InChI is InChI=1S/C71H116ClF3N12O12/c1-16-44(7)58-67(97)80(11)45(8)62(92)87-36-32-52(87)65(95)82(13)54(39-46-25-20-18-21-26-46)64(94)79(10)41-56(88)76-50(31-29-47-28-30-48(49(72)38-47)71(73,74)75)63(93)86-35-24-27-51(86)61(91)78-70(9,17-2)69(99)84(15)59(43(5)6)68(98)83(14)55(66(96)85-33-22-19-23-34-85)40-57(89)81(12)53(37-42(3)4)60(90)77-58/h42-55,58-59H,16-41H2,1-15H3,(H,76,88)(H,77,90)(H,78,91)/t44-,45-,47?,48?,49?,50-,51-,52-,53-,54-,55-,58-,59-,70-/m0/s1. The van der Waals surface area contributed by atoms with E-state index in [4.69, 9.17) is 11.6 Å². The maximum Gasteiger partial charge on any atom is 0.393 e. The summed E-state index contributed by atoms with van der Waals surface area (Å²) in [6.07, 6.45) is 3.05. The number of hydrogen-bond donors (Lipinski definition) is 3. The highest BCUT2D eigenvalue weighted by molar-refractivity contribution is 6.21. The first-order chi connectivity index (χ1) is 46.4. The molecule has 14 atom stereocenters. The van der Waals surface area contributed by atoms with Crippen molar-refractivity contribution in [3.8, 4) is 0 Å². The molecule has 4 saturated heterocycles. The van der Waals surface area contributed by atoms with Gasteiger partial charge in [0.05, 0.1) is 18.9 Å². The highest BCUT2D eigenvalue weighted by Gasteiger charge is 2.51. The summed E-state index contributed by atoms with van der Waals surface area (Å²) < 4.78 is 42.0. The molecule has 3 N–H and O–H groups in total. The fourth-order valence-electron chi connectivity index (χ4n) is 15.5. The average molecular weight is 1420 g/mol. The zero-order valence-corrected chi connectivity index (χ0v) is 62.3. The number of likely N-dealkylation sites (tertiary alicyclic amines) is 1. The summed E-state index contributed by atoms with van der Waals surface area (Å²) in [4.78, 5) is 191. The van der Waals surface area contributed by atoms with E-state index in [0.717, 1.165) is 38.5 Å². The van der Waals surface area contributed by atoms with Crippen molar-refractivity contribution in [2.75, 3.05) is 75.0 Å². The molecule has 99 heavy (non-hydrogen) atoms. The number of nitrogens with zero attached hydrogens (tertiary/aromatic N) is 9. The molecule has 0 bridgehead atoms. The molecule has 28 heteroatoms. The van der Waals surface area contributed by atoms with Crippen LogP contribution in [0.15, 0.2) is 0 Å². The van der Waals surface area contributed by atoms with Crippen LogP contribution in [0.1, 0.15) is 197 Å². The van der Waals surface area contributed by atoms with Gasteiger partial charge in [-0.2, -0.15) is 13.2 Å². The predicted octanol–water partition coefficient (Wildman–Crippen LogP) is 5.95. The Morgan fingerprint density at radius 3 is 1.81 bits per heavy atom. The summed E-state index contributed by atoms with van der Waals surface area (Å²) in [5.74, 6) is -11.0. The second-order valence-electron chi connectivity index (χ2n) is 30.4. The predicted molar refractivity (Wildman–Crippen MR) is 367 cm³/mol. The van der Waals surface area contributed by atoms with E-state index in [2.05, 4.69) is 16.0 Å². The number of carbonyl (C=O) groups excluding carboxylic acids is 12. The number of amides is 12. The van der Waals surface area contributed by atoms with Crippen molar-refractivity contribution in [1.82, 2.24) is 60.0 Å². The van der Waals surface area contributed by atoms with E-state index in [-0.39, 0.29) is 95.1 Å². The molecule has 0 spiro atoms. The minimum atomic E-state index is -4.51. The molecule has 0 radical (unpaired) electrons. The van der Waals surface area contributed by atoms with Gasteiger partial charge < -0.3 is 60.0 Å². The molecule has 3 unspecified atom stereocenters. The second kappa shape index (κ2) is 35.5. The number of nitrogens with one attached hydrogen (secondary N) is 3. The number of carbonyl (C=O) groups is 12. The summed E-state index contributed by atoms with van der Waals surface area (Å²) in [5.41, 5.74) is -1.72. The molecule has 2 aliphatic carbocycles. The van der Waals surface area contributed by atoms with Gasteiger partial charge in [0.1, 0.15) is 59.9 Å². The third-order valence-corrected chi connectivity index (χ3v) is 23.1. The Morgan fingerprint density at radius 1 is 0.616 bits per heavy atom. The highest BCUT2D eigenvalue weighted by Crippen LogP contribution is 2.44. The third kappa shape index (κ3) is 19.9. The summed E-state index contributed by atoms with van der Waals surface area (Å²) in [5, 5.41) is 7.43. The monoisotopic (exact) mass is 1420 g/mol. The molecular formula is C71H116ClF3N12O12. The zero-order valence-electron chi connectivity index (χ0n) is 61.6. The Kier molecular flexibility index (Phi) is 29.3. The van der Waals surface area contributed by atoms with Crippen LogP contribution in [0.4, 0.5) is 13.2 Å². The van der Waals surface area contributed by atoms with Gasteiger partial charge in [0.2, 0.25) is 70.9 Å². The number of likely N-dealkylation sites (N-methyl/N-ethyl adjacent to an activating group) is 6. The molecule has 560 valence electrons. The lowest BCUT2D eigenvalue weighted by Crippen LogP contribution is -2.65. The number of halogens is 4. The fourth-order valence-corrected chi connectivity index (χ4v) is 16.0. The van der Waals surface area contributed by atoms with Gasteiger partial charge >= 0.3 is 6.18 Å². The van der Waals surface area contributed by atoms with Crippen molar-refractivity contribution in [1.29, 1.82) is 0 Å². The molecule has 0 aromatic carbocycles. The van der Waals surface area contributed by atoms with Crippen LogP contribution in [-0.4, -0.2) is 261 Å². The average Bonchev–Trinajstić information content (AvgIpc) is 1.53. The van der Waals surface area contributed by atoms with Crippen molar-refractivity contribution in [2.45, 2.75) is 269 Å². The minimum absolute atomic E-state index is 0.00518. The number of fused-ring (bicyclic) bond motifs is 2. The van der Waals surface area contributed by atoms with Gasteiger partial charge in [0.25, 0.3) is 0 Å². The molecule has 0 aromatic rings. The summed E-state index contributed by atoms with van der Waals surface area (Å²) in [7, 11) is 8.58. The quantitative estimate of drug-likeness (QED) is 0.192. The molecule has 6 rings (SSSR count). The van der Waals surface area contributed by atoms with Crippen molar-refractivity contribution < 1.29 is 70.7 Å². The van der Waals surface area contributed by atoms with Crippen LogP contribution in [-0.2, 0) is 57.5 Å². The van der Waals surface area contributed by atoms with E-state index in [1.54, 1.807) is 32.6 Å². The number of alkyl halides is 4. The first-order valence-corrected chi connectivity index (χ1v) is 36.9. The topological polar surface area (TPSA) is 270 Å². The third-order valence-electron chi connectivity index (χ3n) is 22.6. The molecule has 24 nitrogen and oxygen atoms in total. The molecule has 4 aliphatic heterocycles. The molecule has 4 heterocycles. The first kappa shape index (κ1) is 81.7. The van der Waals surface area contributed by atoms with Crippen molar-refractivity contribution >= 4 is 82.5 Å². The molecule has 6 fully saturated rings. The molecule has 6 aliphatic rings. The van der Waals surface area contributed by atoms with E-state index in [0.29, 0.717) is 38.8 Å². The SMILES string of the molecule is CC[C@H](C)[C@@H]1NC(=O)[C@H](CC(C)C)N(C)C(=O)C[C@@H](C(=O)N2CCCCC2)N(C)C(=O)[C@H](C(C)C)N(C)C(=O)[C@](C)(CC)NC(=O)[C@@H]2CCCN2C(=O)[C@H](CCC2CCC(C(F)(F)F)C(Cl)C2)NC(=O)CN(C)C(=O)[C@H](CC2CCCCC2)N(C)C(=O)[C@@H]2CCN2C(=O)[C@H](C)N(C)C1=O. The molecular weight excluding hydrogens is 1310 g/mol. The van der Waals surface area contributed by atoms with Crippen LogP contribution in [0.2, 0.25) is 0 Å². The number of hydrogen-bond acceptors (Lipinski definition) is 12. The van der Waals surface area contributed by atoms with E-state index in [9.17, 15) is 56.3 Å². The van der Waals surface area contributed by atoms with Gasteiger partial charge in [-0.3, -0.25) is 57.5 Å². The maximum atomic E-state index is 15.3.